The topological polar surface area (TPSA) is 47.6 Å². The molecule has 1 heterocycles. The zero-order chi connectivity index (χ0) is 18.0. The van der Waals surface area contributed by atoms with E-state index in [0.29, 0.717) is 35.4 Å². The van der Waals surface area contributed by atoms with Crippen molar-refractivity contribution in [2.45, 2.75) is 19.3 Å². The van der Waals surface area contributed by atoms with Gasteiger partial charge in [-0.1, -0.05) is 43.1 Å². The molecular weight excluding hydrogens is 361 g/mol. The van der Waals surface area contributed by atoms with Crippen molar-refractivity contribution in [2.75, 3.05) is 19.8 Å². The molecule has 2 aromatic rings. The standard InChI is InChI=1S/C19H19Cl2NO3/c1-19(2,13-4-6-16-17(10-13)25-8-7-24-16)11-22-18(23)12-3-5-14(20)15(21)9-12/h3-6,9-10H,7-8,11H2,1-2H3,(H,22,23). The molecule has 132 valence electrons. The molecule has 25 heavy (non-hydrogen) atoms. The second-order valence-electron chi connectivity index (χ2n) is 6.55. The number of carbonyl (C=O) groups is 1. The number of ether oxygens (including phenoxy) is 2. The van der Waals surface area contributed by atoms with E-state index in [1.54, 1.807) is 18.2 Å². The summed E-state index contributed by atoms with van der Waals surface area (Å²) in [4.78, 5) is 12.4. The minimum absolute atomic E-state index is 0.191. The molecule has 6 heteroatoms. The number of rotatable bonds is 4. The average molecular weight is 380 g/mol. The Morgan fingerprint density at radius 3 is 2.48 bits per heavy atom. The van der Waals surface area contributed by atoms with Crippen LogP contribution in [0.5, 0.6) is 11.5 Å². The normalized spacial score (nSPS) is 13.4. The number of fused-ring (bicyclic) bond motifs is 1. The molecule has 0 spiro atoms. The highest BCUT2D eigenvalue weighted by molar-refractivity contribution is 6.42. The Kier molecular flexibility index (Phi) is 5.11. The van der Waals surface area contributed by atoms with Gasteiger partial charge in [-0.2, -0.15) is 0 Å². The van der Waals surface area contributed by atoms with Crippen LogP contribution in [0.25, 0.3) is 0 Å². The first-order chi connectivity index (χ1) is 11.9. The molecule has 2 aromatic carbocycles. The van der Waals surface area contributed by atoms with E-state index < -0.39 is 0 Å². The minimum Gasteiger partial charge on any atom is -0.486 e. The van der Waals surface area contributed by atoms with Crippen molar-refractivity contribution in [1.82, 2.24) is 5.32 Å². The van der Waals surface area contributed by atoms with E-state index >= 15 is 0 Å². The molecule has 0 saturated heterocycles. The smallest absolute Gasteiger partial charge is 0.251 e. The van der Waals surface area contributed by atoms with Crippen LogP contribution in [0.15, 0.2) is 36.4 Å². The molecule has 3 rings (SSSR count). The van der Waals surface area contributed by atoms with Crippen molar-refractivity contribution in [3.63, 3.8) is 0 Å². The van der Waals surface area contributed by atoms with Crippen molar-refractivity contribution in [1.29, 1.82) is 0 Å². The van der Waals surface area contributed by atoms with Gasteiger partial charge in [-0.25, -0.2) is 0 Å². The molecule has 0 atom stereocenters. The summed E-state index contributed by atoms with van der Waals surface area (Å²) in [6, 6.07) is 10.7. The molecule has 0 saturated carbocycles. The Morgan fingerprint density at radius 2 is 1.76 bits per heavy atom. The zero-order valence-electron chi connectivity index (χ0n) is 14.1. The predicted octanol–water partition coefficient (Wildman–Crippen LogP) is 4.47. The van der Waals surface area contributed by atoms with Gasteiger partial charge in [0.1, 0.15) is 13.2 Å². The Hall–Kier alpha value is -1.91. The largest absolute Gasteiger partial charge is 0.486 e. The maximum absolute atomic E-state index is 12.4. The van der Waals surface area contributed by atoms with Crippen LogP contribution in [-0.2, 0) is 5.41 Å². The summed E-state index contributed by atoms with van der Waals surface area (Å²) in [6.45, 7) is 5.70. The highest BCUT2D eigenvalue weighted by Crippen LogP contribution is 2.35. The summed E-state index contributed by atoms with van der Waals surface area (Å²) in [5.74, 6) is 1.31. The van der Waals surface area contributed by atoms with Gasteiger partial charge >= 0.3 is 0 Å². The van der Waals surface area contributed by atoms with Crippen LogP contribution in [0.2, 0.25) is 10.0 Å². The van der Waals surface area contributed by atoms with E-state index in [0.717, 1.165) is 17.1 Å². The first kappa shape index (κ1) is 17.9. The number of amides is 1. The SMILES string of the molecule is CC(C)(CNC(=O)c1ccc(Cl)c(Cl)c1)c1ccc2c(c1)OCCO2. The molecular formula is C19H19Cl2NO3. The molecule has 0 bridgehead atoms. The average Bonchev–Trinajstić information content (AvgIpc) is 2.61. The molecule has 1 N–H and O–H groups in total. The van der Waals surface area contributed by atoms with E-state index in [2.05, 4.69) is 19.2 Å². The van der Waals surface area contributed by atoms with Crippen molar-refractivity contribution in [2.24, 2.45) is 0 Å². The molecule has 1 aliphatic rings. The van der Waals surface area contributed by atoms with Gasteiger partial charge in [0, 0.05) is 17.5 Å². The molecule has 0 fully saturated rings. The number of halogens is 2. The van der Waals surface area contributed by atoms with Gasteiger partial charge in [0.15, 0.2) is 11.5 Å². The molecule has 1 amide bonds. The van der Waals surface area contributed by atoms with Crippen LogP contribution in [0, 0.1) is 0 Å². The highest BCUT2D eigenvalue weighted by Gasteiger charge is 2.24. The number of hydrogen-bond donors (Lipinski definition) is 1. The maximum Gasteiger partial charge on any atom is 0.251 e. The predicted molar refractivity (Wildman–Crippen MR) is 99.3 cm³/mol. The van der Waals surface area contributed by atoms with Crippen molar-refractivity contribution >= 4 is 29.1 Å². The molecule has 0 unspecified atom stereocenters. The monoisotopic (exact) mass is 379 g/mol. The number of hydrogen-bond acceptors (Lipinski definition) is 3. The van der Waals surface area contributed by atoms with E-state index in [1.807, 2.05) is 18.2 Å². The van der Waals surface area contributed by atoms with Crippen LogP contribution in [0.4, 0.5) is 0 Å². The van der Waals surface area contributed by atoms with Crippen molar-refractivity contribution < 1.29 is 14.3 Å². The highest BCUT2D eigenvalue weighted by atomic mass is 35.5. The molecule has 0 aromatic heterocycles. The van der Waals surface area contributed by atoms with Crippen LogP contribution in [0.1, 0.15) is 29.8 Å². The van der Waals surface area contributed by atoms with Gasteiger partial charge in [-0.15, -0.1) is 0 Å². The second-order valence-corrected chi connectivity index (χ2v) is 7.37. The van der Waals surface area contributed by atoms with Gasteiger partial charge in [-0.3, -0.25) is 4.79 Å². The fraction of sp³-hybridized carbons (Fsp3) is 0.316. The summed E-state index contributed by atoms with van der Waals surface area (Å²) in [5, 5.41) is 3.74. The summed E-state index contributed by atoms with van der Waals surface area (Å²) in [5.41, 5.74) is 1.26. The van der Waals surface area contributed by atoms with E-state index in [1.165, 1.54) is 0 Å². The number of benzene rings is 2. The first-order valence-electron chi connectivity index (χ1n) is 8.00. The van der Waals surface area contributed by atoms with Gasteiger partial charge in [0.05, 0.1) is 10.0 Å². The maximum atomic E-state index is 12.4. The van der Waals surface area contributed by atoms with E-state index in [-0.39, 0.29) is 11.3 Å². The van der Waals surface area contributed by atoms with Crippen LogP contribution >= 0.6 is 23.2 Å². The number of carbonyl (C=O) groups excluding carboxylic acids is 1. The Bertz CT molecular complexity index is 805. The van der Waals surface area contributed by atoms with Gasteiger partial charge in [0.25, 0.3) is 5.91 Å². The lowest BCUT2D eigenvalue weighted by molar-refractivity contribution is 0.0945. The fourth-order valence-corrected chi connectivity index (χ4v) is 2.91. The third-order valence-electron chi connectivity index (χ3n) is 4.20. The van der Waals surface area contributed by atoms with Gasteiger partial charge in [0.2, 0.25) is 0 Å². The van der Waals surface area contributed by atoms with E-state index in [9.17, 15) is 4.79 Å². The lowest BCUT2D eigenvalue weighted by atomic mass is 9.84. The third kappa shape index (κ3) is 4.02. The van der Waals surface area contributed by atoms with Crippen molar-refractivity contribution in [3.05, 3.63) is 57.6 Å². The summed E-state index contributed by atoms with van der Waals surface area (Å²) >= 11 is 11.9. The Labute approximate surface area is 157 Å². The van der Waals surface area contributed by atoms with Gasteiger partial charge < -0.3 is 14.8 Å². The molecule has 1 aliphatic heterocycles. The lowest BCUT2D eigenvalue weighted by Crippen LogP contribution is -2.36. The van der Waals surface area contributed by atoms with Crippen LogP contribution < -0.4 is 14.8 Å². The van der Waals surface area contributed by atoms with Crippen molar-refractivity contribution in [3.8, 4) is 11.5 Å². The molecule has 4 nitrogen and oxygen atoms in total. The van der Waals surface area contributed by atoms with Crippen LogP contribution in [0.3, 0.4) is 0 Å². The van der Waals surface area contributed by atoms with E-state index in [4.69, 9.17) is 32.7 Å². The zero-order valence-corrected chi connectivity index (χ0v) is 15.6. The van der Waals surface area contributed by atoms with Gasteiger partial charge in [-0.05, 0) is 35.9 Å². The Morgan fingerprint density at radius 1 is 1.04 bits per heavy atom. The summed E-state index contributed by atoms with van der Waals surface area (Å²) in [7, 11) is 0. The second kappa shape index (κ2) is 7.14. The minimum atomic E-state index is -0.276. The number of nitrogens with one attached hydrogen (secondary N) is 1. The Balaban J connectivity index is 1.70. The first-order valence-corrected chi connectivity index (χ1v) is 8.76. The fourth-order valence-electron chi connectivity index (χ4n) is 2.61. The van der Waals surface area contributed by atoms with Crippen LogP contribution in [-0.4, -0.2) is 25.7 Å². The quantitative estimate of drug-likeness (QED) is 0.851. The molecule has 0 radical (unpaired) electrons. The molecule has 0 aliphatic carbocycles. The summed E-state index contributed by atoms with van der Waals surface area (Å²) < 4.78 is 11.2. The summed E-state index contributed by atoms with van der Waals surface area (Å²) in [6.07, 6.45) is 0. The third-order valence-corrected chi connectivity index (χ3v) is 4.94. The lowest BCUT2D eigenvalue weighted by Gasteiger charge is -2.28.